The van der Waals surface area contributed by atoms with Gasteiger partial charge in [0.25, 0.3) is 0 Å². The molecule has 160 valence electrons. The molecule has 1 aliphatic carbocycles. The zero-order chi connectivity index (χ0) is 21.6. The van der Waals surface area contributed by atoms with E-state index in [2.05, 4.69) is 15.3 Å². The standard InChI is InChI=1S/C26H30N4O/c1-18(21-6-4-3-5-7-21)26(31)29-16-20-8-10-23(11-9-20)25-24(17-28-19(2)30-25)22-12-14-27-15-13-22/h3-7,12-15,17-18,20,23H,8-11,16H2,1-2H3,(H,29,31)/t18-,20?,23?/m0/s1. The minimum absolute atomic E-state index is 0.111. The lowest BCUT2D eigenvalue weighted by Crippen LogP contribution is -2.33. The number of benzene rings is 1. The van der Waals surface area contributed by atoms with E-state index in [1.807, 2.05) is 74.9 Å². The Morgan fingerprint density at radius 1 is 1.06 bits per heavy atom. The molecular weight excluding hydrogens is 384 g/mol. The Bertz CT molecular complexity index is 998. The predicted octanol–water partition coefficient (Wildman–Crippen LogP) is 5.04. The molecule has 1 aliphatic rings. The molecule has 0 bridgehead atoms. The van der Waals surface area contributed by atoms with Crippen LogP contribution >= 0.6 is 0 Å². The van der Waals surface area contributed by atoms with Crippen molar-refractivity contribution in [1.82, 2.24) is 20.3 Å². The van der Waals surface area contributed by atoms with Crippen LogP contribution in [0.25, 0.3) is 11.1 Å². The summed E-state index contributed by atoms with van der Waals surface area (Å²) in [7, 11) is 0. The molecule has 31 heavy (non-hydrogen) atoms. The number of aromatic nitrogens is 3. The Kier molecular flexibility index (Phi) is 6.70. The van der Waals surface area contributed by atoms with Gasteiger partial charge in [-0.05, 0) is 68.7 Å². The molecule has 3 aromatic rings. The van der Waals surface area contributed by atoms with Crippen molar-refractivity contribution in [2.75, 3.05) is 6.54 Å². The summed E-state index contributed by atoms with van der Waals surface area (Å²) in [6.07, 6.45) is 9.95. The molecule has 1 aromatic carbocycles. The maximum atomic E-state index is 12.6. The van der Waals surface area contributed by atoms with Gasteiger partial charge < -0.3 is 5.32 Å². The van der Waals surface area contributed by atoms with E-state index in [4.69, 9.17) is 4.98 Å². The first-order valence-electron chi connectivity index (χ1n) is 11.2. The number of hydrogen-bond acceptors (Lipinski definition) is 4. The van der Waals surface area contributed by atoms with Gasteiger partial charge in [0.2, 0.25) is 5.91 Å². The fourth-order valence-corrected chi connectivity index (χ4v) is 4.48. The molecule has 1 amide bonds. The third-order valence-corrected chi connectivity index (χ3v) is 6.42. The van der Waals surface area contributed by atoms with Crippen LogP contribution in [0.2, 0.25) is 0 Å². The molecule has 0 radical (unpaired) electrons. The van der Waals surface area contributed by atoms with E-state index in [0.29, 0.717) is 11.8 Å². The Balaban J connectivity index is 1.35. The minimum atomic E-state index is -0.121. The Labute approximate surface area is 184 Å². The topological polar surface area (TPSA) is 67.8 Å². The zero-order valence-electron chi connectivity index (χ0n) is 18.3. The highest BCUT2D eigenvalue weighted by Crippen LogP contribution is 2.38. The summed E-state index contributed by atoms with van der Waals surface area (Å²) in [6.45, 7) is 4.68. The second-order valence-corrected chi connectivity index (χ2v) is 8.55. The molecule has 1 N–H and O–H groups in total. The van der Waals surface area contributed by atoms with Gasteiger partial charge in [-0.1, -0.05) is 30.3 Å². The number of aryl methyl sites for hydroxylation is 1. The van der Waals surface area contributed by atoms with Gasteiger partial charge in [0.05, 0.1) is 11.6 Å². The van der Waals surface area contributed by atoms with Gasteiger partial charge in [-0.2, -0.15) is 0 Å². The van der Waals surface area contributed by atoms with Crippen LogP contribution in [0.4, 0.5) is 0 Å². The molecule has 0 aliphatic heterocycles. The molecule has 5 nitrogen and oxygen atoms in total. The van der Waals surface area contributed by atoms with E-state index in [1.54, 1.807) is 0 Å². The van der Waals surface area contributed by atoms with Crippen molar-refractivity contribution in [1.29, 1.82) is 0 Å². The zero-order valence-corrected chi connectivity index (χ0v) is 18.3. The molecule has 2 heterocycles. The summed E-state index contributed by atoms with van der Waals surface area (Å²) >= 11 is 0. The summed E-state index contributed by atoms with van der Waals surface area (Å²) in [6, 6.07) is 14.0. The van der Waals surface area contributed by atoms with Gasteiger partial charge in [0, 0.05) is 36.6 Å². The van der Waals surface area contributed by atoms with Gasteiger partial charge in [-0.25, -0.2) is 9.97 Å². The fraction of sp³-hybridized carbons (Fsp3) is 0.385. The van der Waals surface area contributed by atoms with Crippen molar-refractivity contribution < 1.29 is 4.79 Å². The third-order valence-electron chi connectivity index (χ3n) is 6.42. The first-order valence-corrected chi connectivity index (χ1v) is 11.2. The van der Waals surface area contributed by atoms with Gasteiger partial charge in [-0.15, -0.1) is 0 Å². The van der Waals surface area contributed by atoms with Crippen LogP contribution in [0.5, 0.6) is 0 Å². The summed E-state index contributed by atoms with van der Waals surface area (Å²) in [5.74, 6) is 1.76. The van der Waals surface area contributed by atoms with Crippen LogP contribution in [-0.4, -0.2) is 27.4 Å². The first-order chi connectivity index (χ1) is 15.1. The molecule has 5 heteroatoms. The maximum Gasteiger partial charge on any atom is 0.227 e. The van der Waals surface area contributed by atoms with E-state index in [1.165, 1.54) is 0 Å². The summed E-state index contributed by atoms with van der Waals surface area (Å²) in [5.41, 5.74) is 4.45. The molecular formula is C26H30N4O. The van der Waals surface area contributed by atoms with Crippen LogP contribution in [0.3, 0.4) is 0 Å². The van der Waals surface area contributed by atoms with E-state index >= 15 is 0 Å². The Morgan fingerprint density at radius 3 is 2.48 bits per heavy atom. The van der Waals surface area contributed by atoms with Crippen molar-refractivity contribution in [3.05, 3.63) is 78.1 Å². The number of rotatable bonds is 6. The lowest BCUT2D eigenvalue weighted by atomic mass is 9.79. The largest absolute Gasteiger partial charge is 0.355 e. The molecule has 1 fully saturated rings. The van der Waals surface area contributed by atoms with Crippen molar-refractivity contribution in [3.8, 4) is 11.1 Å². The monoisotopic (exact) mass is 414 g/mol. The lowest BCUT2D eigenvalue weighted by molar-refractivity contribution is -0.122. The SMILES string of the molecule is Cc1ncc(-c2ccncc2)c(C2CCC(CNC(=O)[C@@H](C)c3ccccc3)CC2)n1. The van der Waals surface area contributed by atoms with Gasteiger partial charge in [0.15, 0.2) is 0 Å². The van der Waals surface area contributed by atoms with E-state index in [-0.39, 0.29) is 11.8 Å². The normalized spacial score (nSPS) is 19.5. The van der Waals surface area contributed by atoms with E-state index in [0.717, 1.165) is 60.4 Å². The number of nitrogens with one attached hydrogen (secondary N) is 1. The van der Waals surface area contributed by atoms with Crippen LogP contribution in [0.1, 0.15) is 61.5 Å². The van der Waals surface area contributed by atoms with Crippen LogP contribution in [0.15, 0.2) is 61.1 Å². The molecule has 2 aromatic heterocycles. The smallest absolute Gasteiger partial charge is 0.227 e. The van der Waals surface area contributed by atoms with Gasteiger partial charge in [0.1, 0.15) is 5.82 Å². The van der Waals surface area contributed by atoms with Crippen LogP contribution in [-0.2, 0) is 4.79 Å². The highest BCUT2D eigenvalue weighted by Gasteiger charge is 2.26. The summed E-state index contributed by atoms with van der Waals surface area (Å²) < 4.78 is 0. The molecule has 0 saturated heterocycles. The van der Waals surface area contributed by atoms with Crippen LogP contribution in [0, 0.1) is 12.8 Å². The second kappa shape index (κ2) is 9.82. The average molecular weight is 415 g/mol. The number of hydrogen-bond donors (Lipinski definition) is 1. The Morgan fingerprint density at radius 2 is 1.77 bits per heavy atom. The fourth-order valence-electron chi connectivity index (χ4n) is 4.48. The maximum absolute atomic E-state index is 12.6. The van der Waals surface area contributed by atoms with Gasteiger partial charge in [-0.3, -0.25) is 9.78 Å². The Hall–Kier alpha value is -3.08. The lowest BCUT2D eigenvalue weighted by Gasteiger charge is -2.29. The van der Waals surface area contributed by atoms with E-state index in [9.17, 15) is 4.79 Å². The predicted molar refractivity (Wildman–Crippen MR) is 123 cm³/mol. The quantitative estimate of drug-likeness (QED) is 0.613. The second-order valence-electron chi connectivity index (χ2n) is 8.55. The van der Waals surface area contributed by atoms with Gasteiger partial charge >= 0.3 is 0 Å². The van der Waals surface area contributed by atoms with Crippen molar-refractivity contribution in [2.24, 2.45) is 5.92 Å². The summed E-state index contributed by atoms with van der Waals surface area (Å²) in [4.78, 5) is 26.0. The van der Waals surface area contributed by atoms with Crippen molar-refractivity contribution >= 4 is 5.91 Å². The van der Waals surface area contributed by atoms with Crippen LogP contribution < -0.4 is 5.32 Å². The molecule has 4 rings (SSSR count). The number of nitrogens with zero attached hydrogens (tertiary/aromatic N) is 3. The highest BCUT2D eigenvalue weighted by atomic mass is 16.1. The first kappa shape index (κ1) is 21.2. The summed E-state index contributed by atoms with van der Waals surface area (Å²) in [5, 5.41) is 3.18. The minimum Gasteiger partial charge on any atom is -0.355 e. The average Bonchev–Trinajstić information content (AvgIpc) is 2.83. The molecule has 0 unspecified atom stereocenters. The number of amides is 1. The number of pyridine rings is 1. The molecule has 1 atom stereocenters. The number of carbonyl (C=O) groups excluding carboxylic acids is 1. The molecule has 0 spiro atoms. The molecule has 1 saturated carbocycles. The highest BCUT2D eigenvalue weighted by molar-refractivity contribution is 5.83. The number of carbonyl (C=O) groups is 1. The van der Waals surface area contributed by atoms with E-state index < -0.39 is 0 Å². The van der Waals surface area contributed by atoms with Crippen molar-refractivity contribution in [3.63, 3.8) is 0 Å². The van der Waals surface area contributed by atoms with Crippen molar-refractivity contribution in [2.45, 2.75) is 51.4 Å². The third kappa shape index (κ3) is 5.16.